The smallest absolute Gasteiger partial charge is 0.439 e. The van der Waals surface area contributed by atoms with Crippen molar-refractivity contribution in [1.82, 2.24) is 5.01 Å². The van der Waals surface area contributed by atoms with E-state index in [0.29, 0.717) is 24.2 Å². The Morgan fingerprint density at radius 1 is 1.28 bits per heavy atom. The van der Waals surface area contributed by atoms with E-state index in [9.17, 15) is 23.1 Å². The van der Waals surface area contributed by atoms with E-state index in [4.69, 9.17) is 4.74 Å². The maximum atomic E-state index is 14.1. The van der Waals surface area contributed by atoms with E-state index in [2.05, 4.69) is 5.10 Å². The van der Waals surface area contributed by atoms with Crippen LogP contribution in [0.1, 0.15) is 45.6 Å². The number of nitrogens with zero attached hydrogens (tertiary/aromatic N) is 2. The molecule has 3 atom stereocenters. The lowest BCUT2D eigenvalue weighted by Crippen LogP contribution is -2.62. The molecule has 1 amide bonds. The van der Waals surface area contributed by atoms with Crippen LogP contribution in [0.15, 0.2) is 29.4 Å². The predicted molar refractivity (Wildman–Crippen MR) is 102 cm³/mol. The zero-order chi connectivity index (χ0) is 21.6. The fraction of sp³-hybridized carbons (Fsp3) is 0.619. The van der Waals surface area contributed by atoms with Crippen molar-refractivity contribution in [3.63, 3.8) is 0 Å². The van der Waals surface area contributed by atoms with Gasteiger partial charge in [0.2, 0.25) is 5.91 Å². The molecular formula is C21H27F3N2O3. The number of halogens is 3. The highest BCUT2D eigenvalue weighted by atomic mass is 19.4. The van der Waals surface area contributed by atoms with E-state index >= 15 is 0 Å². The van der Waals surface area contributed by atoms with Gasteiger partial charge >= 0.3 is 6.18 Å². The van der Waals surface area contributed by atoms with E-state index in [0.717, 1.165) is 0 Å². The van der Waals surface area contributed by atoms with Gasteiger partial charge < -0.3 is 9.84 Å². The normalized spacial score (nSPS) is 27.4. The fourth-order valence-electron chi connectivity index (χ4n) is 4.25. The predicted octanol–water partition coefficient (Wildman–Crippen LogP) is 4.15. The summed E-state index contributed by atoms with van der Waals surface area (Å²) in [5.41, 5.74) is -2.73. The first-order chi connectivity index (χ1) is 13.4. The van der Waals surface area contributed by atoms with E-state index in [-0.39, 0.29) is 34.9 Å². The molecule has 1 saturated carbocycles. The Morgan fingerprint density at radius 3 is 2.41 bits per heavy atom. The van der Waals surface area contributed by atoms with Crippen molar-refractivity contribution in [2.75, 3.05) is 7.11 Å². The number of rotatable bonds is 3. The third-order valence-corrected chi connectivity index (χ3v) is 6.10. The number of benzene rings is 1. The lowest BCUT2D eigenvalue weighted by atomic mass is 9.66. The number of carbonyl (C=O) groups excluding carboxylic acids is 1. The van der Waals surface area contributed by atoms with Crippen LogP contribution < -0.4 is 4.74 Å². The molecule has 1 N–H and O–H groups in total. The molecule has 0 radical (unpaired) electrons. The molecule has 1 aliphatic carbocycles. The molecule has 1 aromatic carbocycles. The maximum absolute atomic E-state index is 14.1. The molecule has 29 heavy (non-hydrogen) atoms. The molecule has 0 bridgehead atoms. The van der Waals surface area contributed by atoms with Crippen molar-refractivity contribution in [2.45, 2.75) is 58.4 Å². The molecule has 0 spiro atoms. The highest BCUT2D eigenvalue weighted by Gasteiger charge is 2.69. The monoisotopic (exact) mass is 412 g/mol. The van der Waals surface area contributed by atoms with Crippen LogP contribution in [-0.2, 0) is 11.2 Å². The van der Waals surface area contributed by atoms with Crippen LogP contribution >= 0.6 is 0 Å². The van der Waals surface area contributed by atoms with Gasteiger partial charge in [0, 0.05) is 5.71 Å². The molecular weight excluding hydrogens is 385 g/mol. The van der Waals surface area contributed by atoms with Crippen molar-refractivity contribution in [3.8, 4) is 5.75 Å². The van der Waals surface area contributed by atoms with Gasteiger partial charge in [-0.3, -0.25) is 4.79 Å². The summed E-state index contributed by atoms with van der Waals surface area (Å²) < 4.78 is 47.2. The number of fused-ring (bicyclic) bond motifs is 1. The quantitative estimate of drug-likeness (QED) is 0.811. The Morgan fingerprint density at radius 2 is 1.90 bits per heavy atom. The molecule has 1 aliphatic heterocycles. The van der Waals surface area contributed by atoms with Crippen LogP contribution in [0.2, 0.25) is 0 Å². The van der Waals surface area contributed by atoms with Crippen molar-refractivity contribution in [3.05, 3.63) is 29.8 Å². The van der Waals surface area contributed by atoms with E-state index in [1.165, 1.54) is 7.11 Å². The second kappa shape index (κ2) is 7.31. The van der Waals surface area contributed by atoms with Gasteiger partial charge in [-0.25, -0.2) is 0 Å². The molecule has 5 nitrogen and oxygen atoms in total. The Bertz CT molecular complexity index is 799. The third-order valence-electron chi connectivity index (χ3n) is 6.10. The van der Waals surface area contributed by atoms with Gasteiger partial charge in [0.1, 0.15) is 5.75 Å². The summed E-state index contributed by atoms with van der Waals surface area (Å²) in [6.45, 7) is 5.94. The van der Waals surface area contributed by atoms with E-state index < -0.39 is 23.7 Å². The summed E-state index contributed by atoms with van der Waals surface area (Å²) in [6.07, 6.45) is -4.14. The number of hydrogen-bond acceptors (Lipinski definition) is 4. The number of hydrazone groups is 1. The highest BCUT2D eigenvalue weighted by molar-refractivity contribution is 5.93. The minimum absolute atomic E-state index is 0.00281. The summed E-state index contributed by atoms with van der Waals surface area (Å²) in [6, 6.07) is 6.47. The molecule has 2 aliphatic rings. The zero-order valence-corrected chi connectivity index (χ0v) is 17.1. The van der Waals surface area contributed by atoms with Crippen molar-refractivity contribution in [2.24, 2.45) is 22.4 Å². The van der Waals surface area contributed by atoms with Gasteiger partial charge in [0.05, 0.1) is 19.4 Å². The standard InChI is InChI=1S/C21H27F3N2O3/c1-19(2,3)14-7-10-17-16(12-14)20(28,21(22,23)24)26(25-17)18(27)11-13-5-8-15(29-4)9-6-13/h5-6,8-9,14,16,28H,7,10-12H2,1-4H3/t14-,16+,20-/m0/s1. The van der Waals surface area contributed by atoms with Crippen LogP contribution in [0.25, 0.3) is 0 Å². The van der Waals surface area contributed by atoms with Gasteiger partial charge in [-0.1, -0.05) is 32.9 Å². The number of aliphatic hydroxyl groups is 1. The third kappa shape index (κ3) is 3.86. The number of alkyl halides is 3. The fourth-order valence-corrected chi connectivity index (χ4v) is 4.25. The topological polar surface area (TPSA) is 62.1 Å². The van der Waals surface area contributed by atoms with Gasteiger partial charge in [0.25, 0.3) is 5.72 Å². The Labute approximate surface area is 168 Å². The first-order valence-electron chi connectivity index (χ1n) is 9.70. The van der Waals surface area contributed by atoms with Crippen molar-refractivity contribution >= 4 is 11.6 Å². The minimum atomic E-state index is -5.02. The summed E-state index contributed by atoms with van der Waals surface area (Å²) >= 11 is 0. The minimum Gasteiger partial charge on any atom is -0.497 e. The second-order valence-corrected chi connectivity index (χ2v) is 8.94. The lowest BCUT2D eigenvalue weighted by molar-refractivity contribution is -0.318. The van der Waals surface area contributed by atoms with Crippen molar-refractivity contribution < 1.29 is 27.8 Å². The number of amides is 1. The zero-order valence-electron chi connectivity index (χ0n) is 17.1. The first-order valence-corrected chi connectivity index (χ1v) is 9.70. The van der Waals surface area contributed by atoms with Gasteiger partial charge in [0.15, 0.2) is 0 Å². The molecule has 0 unspecified atom stereocenters. The molecule has 1 heterocycles. The largest absolute Gasteiger partial charge is 0.497 e. The van der Waals surface area contributed by atoms with Crippen LogP contribution in [0.4, 0.5) is 13.2 Å². The molecule has 160 valence electrons. The molecule has 1 fully saturated rings. The van der Waals surface area contributed by atoms with Crippen LogP contribution in [0, 0.1) is 17.3 Å². The van der Waals surface area contributed by atoms with E-state index in [1.54, 1.807) is 24.3 Å². The average Bonchev–Trinajstić information content (AvgIpc) is 2.95. The number of ether oxygens (including phenoxy) is 1. The SMILES string of the molecule is COc1ccc(CC(=O)N2N=C3CC[C@H](C(C)(C)C)C[C@H]3[C@]2(O)C(F)(F)F)cc1. The van der Waals surface area contributed by atoms with Gasteiger partial charge in [-0.15, -0.1) is 0 Å². The van der Waals surface area contributed by atoms with E-state index in [1.807, 2.05) is 20.8 Å². The molecule has 0 saturated heterocycles. The van der Waals surface area contributed by atoms with Crippen LogP contribution in [0.5, 0.6) is 5.75 Å². The van der Waals surface area contributed by atoms with Crippen molar-refractivity contribution in [1.29, 1.82) is 0 Å². The molecule has 8 heteroatoms. The number of methoxy groups -OCH3 is 1. The molecule has 1 aromatic rings. The first kappa shape index (κ1) is 21.6. The second-order valence-electron chi connectivity index (χ2n) is 8.94. The summed E-state index contributed by atoms with van der Waals surface area (Å²) in [5, 5.41) is 15.1. The molecule has 3 rings (SSSR count). The Kier molecular flexibility index (Phi) is 5.45. The maximum Gasteiger partial charge on any atom is 0.439 e. The summed E-state index contributed by atoms with van der Waals surface area (Å²) in [5.74, 6) is -1.55. The Hall–Kier alpha value is -2.09. The number of hydrogen-bond donors (Lipinski definition) is 1. The summed E-state index contributed by atoms with van der Waals surface area (Å²) in [7, 11) is 1.50. The summed E-state index contributed by atoms with van der Waals surface area (Å²) in [4.78, 5) is 12.8. The lowest BCUT2D eigenvalue weighted by Gasteiger charge is -2.42. The molecule has 0 aromatic heterocycles. The number of carbonyl (C=O) groups is 1. The van der Waals surface area contributed by atoms with Crippen LogP contribution in [0.3, 0.4) is 0 Å². The van der Waals surface area contributed by atoms with Gasteiger partial charge in [-0.05, 0) is 48.3 Å². The highest BCUT2D eigenvalue weighted by Crippen LogP contribution is 2.51. The van der Waals surface area contributed by atoms with Crippen LogP contribution in [-0.4, -0.2) is 40.7 Å². The van der Waals surface area contributed by atoms with Gasteiger partial charge in [-0.2, -0.15) is 23.3 Å². The average molecular weight is 412 g/mol. The Balaban J connectivity index is 1.89.